The van der Waals surface area contributed by atoms with E-state index >= 15 is 0 Å². The highest BCUT2D eigenvalue weighted by Gasteiger charge is 2.37. The summed E-state index contributed by atoms with van der Waals surface area (Å²) in [6, 6.07) is 8.89. The maximum absolute atomic E-state index is 2.47. The van der Waals surface area contributed by atoms with E-state index < -0.39 is 0 Å². The van der Waals surface area contributed by atoms with Crippen molar-refractivity contribution < 1.29 is 0 Å². The Kier molecular flexibility index (Phi) is 2.62. The van der Waals surface area contributed by atoms with Crippen molar-refractivity contribution in [1.29, 1.82) is 0 Å². The first-order valence-corrected chi connectivity index (χ1v) is 6.13. The first-order chi connectivity index (χ1) is 7.33. The molecule has 0 amide bonds. The largest absolute Gasteiger partial charge is 0.297 e. The van der Waals surface area contributed by atoms with Crippen LogP contribution in [0, 0.1) is 0 Å². The molecule has 88 valence electrons. The van der Waals surface area contributed by atoms with E-state index in [9.17, 15) is 0 Å². The van der Waals surface area contributed by atoms with Crippen LogP contribution in [0.3, 0.4) is 0 Å². The van der Waals surface area contributed by atoms with Gasteiger partial charge in [-0.15, -0.1) is 0 Å². The van der Waals surface area contributed by atoms with Crippen molar-refractivity contribution in [1.82, 2.24) is 4.90 Å². The summed E-state index contributed by atoms with van der Waals surface area (Å²) in [5.41, 5.74) is 3.54. The van der Waals surface area contributed by atoms with E-state index in [0.29, 0.717) is 0 Å². The Hall–Kier alpha value is -0.820. The fourth-order valence-electron chi connectivity index (χ4n) is 3.10. The fraction of sp³-hybridized carbons (Fsp3) is 0.600. The number of nitrogens with zero attached hydrogens (tertiary/aromatic N) is 1. The van der Waals surface area contributed by atoms with Crippen molar-refractivity contribution in [3.05, 3.63) is 35.4 Å². The van der Waals surface area contributed by atoms with Crippen molar-refractivity contribution in [2.24, 2.45) is 0 Å². The second-order valence-corrected chi connectivity index (χ2v) is 6.39. The molecule has 0 spiro atoms. The van der Waals surface area contributed by atoms with Crippen molar-refractivity contribution >= 4 is 0 Å². The van der Waals surface area contributed by atoms with Crippen LogP contribution >= 0.6 is 0 Å². The topological polar surface area (TPSA) is 3.24 Å². The maximum atomic E-state index is 2.47. The summed E-state index contributed by atoms with van der Waals surface area (Å²) < 4.78 is 0. The average molecular weight is 217 g/mol. The molecule has 1 nitrogen and oxygen atoms in total. The Balaban J connectivity index is 2.52. The minimum atomic E-state index is 0.266. The monoisotopic (exact) mass is 217 g/mol. The lowest BCUT2D eigenvalue weighted by Gasteiger charge is -2.38. The normalized spacial score (nSPS) is 23.6. The van der Waals surface area contributed by atoms with Crippen LogP contribution in [0.4, 0.5) is 0 Å². The molecule has 0 saturated carbocycles. The van der Waals surface area contributed by atoms with Gasteiger partial charge >= 0.3 is 0 Å². The molecule has 1 aromatic carbocycles. The van der Waals surface area contributed by atoms with Crippen LogP contribution in [0.15, 0.2) is 24.3 Å². The smallest absolute Gasteiger partial charge is 0.0238 e. The Morgan fingerprint density at radius 2 is 1.69 bits per heavy atom. The minimum Gasteiger partial charge on any atom is -0.297 e. The molecule has 1 heterocycles. The van der Waals surface area contributed by atoms with Crippen LogP contribution < -0.4 is 0 Å². The SMILES string of the molecule is CN1Cc2ccccc2C(C)(C)CC1(C)C. The molecule has 0 saturated heterocycles. The van der Waals surface area contributed by atoms with Gasteiger partial charge in [0.1, 0.15) is 0 Å². The first kappa shape index (κ1) is 11.7. The van der Waals surface area contributed by atoms with Crippen LogP contribution in [0.25, 0.3) is 0 Å². The molecule has 0 radical (unpaired) electrons. The maximum Gasteiger partial charge on any atom is 0.0238 e. The summed E-state index contributed by atoms with van der Waals surface area (Å²) >= 11 is 0. The summed E-state index contributed by atoms with van der Waals surface area (Å²) in [7, 11) is 2.23. The zero-order valence-electron chi connectivity index (χ0n) is 11.2. The predicted octanol–water partition coefficient (Wildman–Crippen LogP) is 3.58. The molecule has 0 atom stereocenters. The molecule has 0 N–H and O–H groups in total. The van der Waals surface area contributed by atoms with Crippen LogP contribution in [0.5, 0.6) is 0 Å². The summed E-state index contributed by atoms with van der Waals surface area (Å²) in [4.78, 5) is 2.47. The first-order valence-electron chi connectivity index (χ1n) is 6.13. The molecule has 2 rings (SSSR count). The minimum absolute atomic E-state index is 0.266. The third kappa shape index (κ3) is 1.89. The van der Waals surface area contributed by atoms with E-state index in [1.165, 1.54) is 17.5 Å². The van der Waals surface area contributed by atoms with E-state index in [0.717, 1.165) is 6.54 Å². The van der Waals surface area contributed by atoms with E-state index in [1.54, 1.807) is 0 Å². The number of rotatable bonds is 0. The molecule has 1 heteroatoms. The Bertz CT molecular complexity index is 390. The average Bonchev–Trinajstić information content (AvgIpc) is 2.22. The molecular weight excluding hydrogens is 194 g/mol. The van der Waals surface area contributed by atoms with Gasteiger partial charge in [-0.25, -0.2) is 0 Å². The van der Waals surface area contributed by atoms with Gasteiger partial charge < -0.3 is 0 Å². The summed E-state index contributed by atoms with van der Waals surface area (Å²) in [5.74, 6) is 0. The van der Waals surface area contributed by atoms with Crippen LogP contribution in [0.1, 0.15) is 45.2 Å². The van der Waals surface area contributed by atoms with Crippen molar-refractivity contribution in [2.45, 2.75) is 51.6 Å². The van der Waals surface area contributed by atoms with Gasteiger partial charge in [0.05, 0.1) is 0 Å². The van der Waals surface area contributed by atoms with E-state index in [4.69, 9.17) is 0 Å². The quantitative estimate of drug-likeness (QED) is 0.642. The van der Waals surface area contributed by atoms with Gasteiger partial charge in [0.15, 0.2) is 0 Å². The molecular formula is C15H23N. The summed E-state index contributed by atoms with van der Waals surface area (Å²) in [5, 5.41) is 0. The Morgan fingerprint density at radius 3 is 2.38 bits per heavy atom. The number of hydrogen-bond acceptors (Lipinski definition) is 1. The fourth-order valence-corrected chi connectivity index (χ4v) is 3.10. The molecule has 0 fully saturated rings. The Morgan fingerprint density at radius 1 is 1.06 bits per heavy atom. The lowest BCUT2D eigenvalue weighted by atomic mass is 9.75. The second-order valence-electron chi connectivity index (χ2n) is 6.39. The third-order valence-corrected chi connectivity index (χ3v) is 4.06. The van der Waals surface area contributed by atoms with Gasteiger partial charge in [-0.05, 0) is 43.9 Å². The van der Waals surface area contributed by atoms with E-state index in [-0.39, 0.29) is 11.0 Å². The molecule has 16 heavy (non-hydrogen) atoms. The third-order valence-electron chi connectivity index (χ3n) is 4.06. The zero-order chi connectivity index (χ0) is 12.0. The van der Waals surface area contributed by atoms with Crippen molar-refractivity contribution in [2.75, 3.05) is 7.05 Å². The van der Waals surface area contributed by atoms with E-state index in [2.05, 4.69) is 63.9 Å². The summed E-state index contributed by atoms with van der Waals surface area (Å²) in [6.07, 6.45) is 1.20. The highest BCUT2D eigenvalue weighted by Crippen LogP contribution is 2.40. The van der Waals surface area contributed by atoms with Gasteiger partial charge in [0, 0.05) is 12.1 Å². The molecule has 1 aromatic rings. The van der Waals surface area contributed by atoms with Crippen LogP contribution in [-0.2, 0) is 12.0 Å². The van der Waals surface area contributed by atoms with Crippen molar-refractivity contribution in [3.8, 4) is 0 Å². The second kappa shape index (κ2) is 3.59. The molecule has 1 aliphatic rings. The molecule has 1 aliphatic heterocycles. The summed E-state index contributed by atoms with van der Waals surface area (Å²) in [6.45, 7) is 10.5. The van der Waals surface area contributed by atoms with Gasteiger partial charge in [-0.1, -0.05) is 38.1 Å². The van der Waals surface area contributed by atoms with Gasteiger partial charge in [0.2, 0.25) is 0 Å². The Labute approximate surface area is 99.5 Å². The van der Waals surface area contributed by atoms with E-state index in [1.807, 2.05) is 0 Å². The number of fused-ring (bicyclic) bond motifs is 1. The van der Waals surface area contributed by atoms with Gasteiger partial charge in [0.25, 0.3) is 0 Å². The predicted molar refractivity (Wildman–Crippen MR) is 69.6 cm³/mol. The molecule has 0 aromatic heterocycles. The van der Waals surface area contributed by atoms with Crippen molar-refractivity contribution in [3.63, 3.8) is 0 Å². The number of hydrogen-bond donors (Lipinski definition) is 0. The standard InChI is InChI=1S/C15H23N/c1-14(2)11-15(3,4)16(5)10-12-8-6-7-9-13(12)14/h6-9H,10-11H2,1-5H3. The molecule has 0 bridgehead atoms. The lowest BCUT2D eigenvalue weighted by molar-refractivity contribution is 0.124. The zero-order valence-corrected chi connectivity index (χ0v) is 11.2. The number of benzene rings is 1. The van der Waals surface area contributed by atoms with Gasteiger partial charge in [-0.2, -0.15) is 0 Å². The highest BCUT2D eigenvalue weighted by atomic mass is 15.2. The molecule has 0 aliphatic carbocycles. The van der Waals surface area contributed by atoms with Gasteiger partial charge in [-0.3, -0.25) is 4.90 Å². The van der Waals surface area contributed by atoms with Crippen LogP contribution in [-0.4, -0.2) is 17.5 Å². The molecule has 0 unspecified atom stereocenters. The van der Waals surface area contributed by atoms with Crippen LogP contribution in [0.2, 0.25) is 0 Å². The highest BCUT2D eigenvalue weighted by molar-refractivity contribution is 5.35. The lowest BCUT2D eigenvalue weighted by Crippen LogP contribution is -2.42.